The minimum absolute atomic E-state index is 0.139. The van der Waals surface area contributed by atoms with Gasteiger partial charge in [0.25, 0.3) is 0 Å². The molecule has 1 aliphatic heterocycles. The van der Waals surface area contributed by atoms with E-state index >= 15 is 0 Å². The molecular weight excluding hydrogens is 128 g/mol. The maximum absolute atomic E-state index is 9.29. The molecule has 1 heterocycles. The molecule has 0 amide bonds. The number of hydrogen-bond acceptors (Lipinski definition) is 2. The van der Waals surface area contributed by atoms with Gasteiger partial charge in [0.1, 0.15) is 0 Å². The average molecular weight is 144 g/mol. The van der Waals surface area contributed by atoms with Gasteiger partial charge in [0.15, 0.2) is 0 Å². The summed E-state index contributed by atoms with van der Waals surface area (Å²) in [7, 11) is 0. The summed E-state index contributed by atoms with van der Waals surface area (Å²) < 4.78 is 5.32. The molecule has 1 N–H and O–H groups in total. The maximum Gasteiger partial charge on any atom is 0.0834 e. The van der Waals surface area contributed by atoms with Gasteiger partial charge in [0, 0.05) is 6.61 Å². The normalized spacial score (nSPS) is 33.0. The second-order valence-electron chi connectivity index (χ2n) is 2.91. The van der Waals surface area contributed by atoms with Gasteiger partial charge in [-0.25, -0.2) is 0 Å². The Morgan fingerprint density at radius 2 is 2.40 bits per heavy atom. The van der Waals surface area contributed by atoms with Crippen LogP contribution >= 0.6 is 0 Å². The summed E-state index contributed by atoms with van der Waals surface area (Å²) in [5, 5.41) is 9.29. The molecule has 0 bridgehead atoms. The molecule has 2 heteroatoms. The van der Waals surface area contributed by atoms with E-state index in [1.165, 1.54) is 12.8 Å². The van der Waals surface area contributed by atoms with E-state index in [-0.39, 0.29) is 12.2 Å². The van der Waals surface area contributed by atoms with Gasteiger partial charge in [-0.1, -0.05) is 19.8 Å². The Bertz CT molecular complexity index is 93.3. The zero-order chi connectivity index (χ0) is 7.40. The van der Waals surface area contributed by atoms with Gasteiger partial charge >= 0.3 is 0 Å². The van der Waals surface area contributed by atoms with Gasteiger partial charge in [-0.3, -0.25) is 0 Å². The molecule has 0 spiro atoms. The first-order valence-corrected chi connectivity index (χ1v) is 4.14. The number of aliphatic hydroxyl groups is 1. The van der Waals surface area contributed by atoms with Crippen molar-refractivity contribution in [2.24, 2.45) is 0 Å². The largest absolute Gasteiger partial charge is 0.390 e. The molecule has 0 saturated carbocycles. The number of rotatable bonds is 3. The molecule has 2 nitrogen and oxygen atoms in total. The Kier molecular flexibility index (Phi) is 3.16. The summed E-state index contributed by atoms with van der Waals surface area (Å²) in [6.07, 6.45) is 4.16. The SMILES string of the molecule is CCCC[C@@H]1OCC[C@H]1O. The first kappa shape index (κ1) is 8.02. The predicted molar refractivity (Wildman–Crippen MR) is 39.9 cm³/mol. The van der Waals surface area contributed by atoms with E-state index in [2.05, 4.69) is 6.92 Å². The first-order valence-electron chi connectivity index (χ1n) is 4.14. The van der Waals surface area contributed by atoms with Crippen LogP contribution in [-0.2, 0) is 4.74 Å². The Morgan fingerprint density at radius 3 is 2.90 bits per heavy atom. The van der Waals surface area contributed by atoms with Gasteiger partial charge in [-0.2, -0.15) is 0 Å². The number of hydrogen-bond donors (Lipinski definition) is 1. The number of aliphatic hydroxyl groups excluding tert-OH is 1. The zero-order valence-corrected chi connectivity index (χ0v) is 6.55. The van der Waals surface area contributed by atoms with Crippen LogP contribution in [0.2, 0.25) is 0 Å². The van der Waals surface area contributed by atoms with E-state index in [0.29, 0.717) is 0 Å². The number of unbranched alkanes of at least 4 members (excludes halogenated alkanes) is 1. The fraction of sp³-hybridized carbons (Fsp3) is 1.00. The monoisotopic (exact) mass is 144 g/mol. The maximum atomic E-state index is 9.29. The second-order valence-corrected chi connectivity index (χ2v) is 2.91. The Hall–Kier alpha value is -0.0800. The fourth-order valence-corrected chi connectivity index (χ4v) is 1.32. The van der Waals surface area contributed by atoms with Crippen LogP contribution in [0.5, 0.6) is 0 Å². The van der Waals surface area contributed by atoms with Gasteiger partial charge in [-0.05, 0) is 12.8 Å². The van der Waals surface area contributed by atoms with E-state index in [1.807, 2.05) is 0 Å². The topological polar surface area (TPSA) is 29.5 Å². The first-order chi connectivity index (χ1) is 4.84. The number of ether oxygens (including phenoxy) is 1. The lowest BCUT2D eigenvalue weighted by atomic mass is 10.1. The van der Waals surface area contributed by atoms with Gasteiger partial charge < -0.3 is 9.84 Å². The summed E-state index contributed by atoms with van der Waals surface area (Å²) in [4.78, 5) is 0. The summed E-state index contributed by atoms with van der Waals surface area (Å²) >= 11 is 0. The van der Waals surface area contributed by atoms with Crippen LogP contribution in [0.4, 0.5) is 0 Å². The molecule has 0 unspecified atom stereocenters. The highest BCUT2D eigenvalue weighted by atomic mass is 16.5. The predicted octanol–water partition coefficient (Wildman–Crippen LogP) is 1.33. The van der Waals surface area contributed by atoms with Crippen LogP contribution in [0.1, 0.15) is 32.6 Å². The van der Waals surface area contributed by atoms with Crippen molar-refractivity contribution in [2.75, 3.05) is 6.61 Å². The molecule has 60 valence electrons. The van der Waals surface area contributed by atoms with Crippen molar-refractivity contribution in [3.63, 3.8) is 0 Å². The molecule has 0 aliphatic carbocycles. The lowest BCUT2D eigenvalue weighted by Gasteiger charge is -2.11. The third-order valence-electron chi connectivity index (χ3n) is 2.02. The van der Waals surface area contributed by atoms with Crippen molar-refractivity contribution < 1.29 is 9.84 Å². The summed E-state index contributed by atoms with van der Waals surface area (Å²) in [6, 6.07) is 0. The van der Waals surface area contributed by atoms with Crippen LogP contribution in [0, 0.1) is 0 Å². The standard InChI is InChI=1S/C8H16O2/c1-2-3-4-8-7(9)5-6-10-8/h7-9H,2-6H2,1H3/t7-,8+/m1/s1. The average Bonchev–Trinajstić information content (AvgIpc) is 2.31. The highest BCUT2D eigenvalue weighted by Crippen LogP contribution is 2.18. The van der Waals surface area contributed by atoms with Gasteiger partial charge in [0.05, 0.1) is 12.2 Å². The summed E-state index contributed by atoms with van der Waals surface area (Å²) in [6.45, 7) is 2.90. The van der Waals surface area contributed by atoms with Crippen LogP contribution in [-0.4, -0.2) is 23.9 Å². The molecule has 0 radical (unpaired) electrons. The molecule has 1 rings (SSSR count). The third-order valence-corrected chi connectivity index (χ3v) is 2.02. The van der Waals surface area contributed by atoms with Crippen molar-refractivity contribution in [2.45, 2.75) is 44.8 Å². The van der Waals surface area contributed by atoms with Crippen LogP contribution in [0.15, 0.2) is 0 Å². The highest BCUT2D eigenvalue weighted by molar-refractivity contribution is 4.74. The quantitative estimate of drug-likeness (QED) is 0.647. The molecule has 1 aliphatic rings. The minimum Gasteiger partial charge on any atom is -0.390 e. The van der Waals surface area contributed by atoms with E-state index in [9.17, 15) is 5.11 Å². The molecule has 0 aromatic rings. The second kappa shape index (κ2) is 3.94. The van der Waals surface area contributed by atoms with E-state index in [1.54, 1.807) is 0 Å². The zero-order valence-electron chi connectivity index (χ0n) is 6.55. The molecular formula is C8H16O2. The Labute approximate surface area is 62.2 Å². The molecule has 2 atom stereocenters. The van der Waals surface area contributed by atoms with Gasteiger partial charge in [0.2, 0.25) is 0 Å². The van der Waals surface area contributed by atoms with E-state index in [4.69, 9.17) is 4.74 Å². The molecule has 0 aromatic heterocycles. The molecule has 1 fully saturated rings. The van der Waals surface area contributed by atoms with Crippen molar-refractivity contribution in [1.82, 2.24) is 0 Å². The molecule has 1 saturated heterocycles. The Morgan fingerprint density at radius 1 is 1.60 bits per heavy atom. The summed E-state index contributed by atoms with van der Waals surface area (Å²) in [5.41, 5.74) is 0. The highest BCUT2D eigenvalue weighted by Gasteiger charge is 2.24. The van der Waals surface area contributed by atoms with Crippen LogP contribution in [0.25, 0.3) is 0 Å². The minimum atomic E-state index is -0.188. The third kappa shape index (κ3) is 1.96. The molecule has 10 heavy (non-hydrogen) atoms. The van der Waals surface area contributed by atoms with Gasteiger partial charge in [-0.15, -0.1) is 0 Å². The van der Waals surface area contributed by atoms with Crippen molar-refractivity contribution in [3.8, 4) is 0 Å². The Balaban J connectivity index is 2.14. The fourth-order valence-electron chi connectivity index (χ4n) is 1.32. The van der Waals surface area contributed by atoms with Crippen molar-refractivity contribution in [3.05, 3.63) is 0 Å². The van der Waals surface area contributed by atoms with Crippen LogP contribution in [0.3, 0.4) is 0 Å². The van der Waals surface area contributed by atoms with E-state index < -0.39 is 0 Å². The van der Waals surface area contributed by atoms with Crippen LogP contribution < -0.4 is 0 Å². The summed E-state index contributed by atoms with van der Waals surface area (Å²) in [5.74, 6) is 0. The van der Waals surface area contributed by atoms with E-state index in [0.717, 1.165) is 19.4 Å². The lowest BCUT2D eigenvalue weighted by Crippen LogP contribution is -2.20. The smallest absolute Gasteiger partial charge is 0.0834 e. The van der Waals surface area contributed by atoms with Crippen molar-refractivity contribution >= 4 is 0 Å². The van der Waals surface area contributed by atoms with Crippen molar-refractivity contribution in [1.29, 1.82) is 0 Å². The lowest BCUT2D eigenvalue weighted by molar-refractivity contribution is 0.0355. The molecule has 0 aromatic carbocycles.